The zero-order valence-corrected chi connectivity index (χ0v) is 10.3. The number of carbonyl (C=O) groups excluding carboxylic acids is 1. The van der Waals surface area contributed by atoms with Crippen molar-refractivity contribution in [2.75, 3.05) is 13.6 Å². The molecule has 0 radical (unpaired) electrons. The monoisotopic (exact) mass is 223 g/mol. The van der Waals surface area contributed by atoms with Crippen LogP contribution in [0, 0.1) is 5.92 Å². The first-order valence-corrected chi connectivity index (χ1v) is 5.67. The van der Waals surface area contributed by atoms with Crippen LogP contribution in [-0.2, 0) is 17.9 Å². The lowest BCUT2D eigenvalue weighted by molar-refractivity contribution is -0.121. The van der Waals surface area contributed by atoms with Crippen LogP contribution in [-0.4, -0.2) is 24.1 Å². The first-order chi connectivity index (χ1) is 7.61. The molecule has 0 saturated carbocycles. The molecule has 1 aromatic rings. The van der Waals surface area contributed by atoms with Gasteiger partial charge in [0, 0.05) is 25.5 Å². The zero-order valence-electron chi connectivity index (χ0n) is 10.3. The summed E-state index contributed by atoms with van der Waals surface area (Å²) in [5.41, 5.74) is 1.19. The van der Waals surface area contributed by atoms with Crippen molar-refractivity contribution in [1.82, 2.24) is 15.2 Å². The minimum absolute atomic E-state index is 0.0697. The van der Waals surface area contributed by atoms with Gasteiger partial charge in [-0.15, -0.1) is 0 Å². The van der Waals surface area contributed by atoms with Gasteiger partial charge in [0.05, 0.1) is 0 Å². The van der Waals surface area contributed by atoms with Crippen LogP contribution in [0.15, 0.2) is 18.5 Å². The van der Waals surface area contributed by atoms with Crippen LogP contribution in [0.2, 0.25) is 0 Å². The molecule has 0 aliphatic carbocycles. The highest BCUT2D eigenvalue weighted by Gasteiger charge is 2.03. The number of rotatable bonds is 6. The molecule has 0 aliphatic rings. The van der Waals surface area contributed by atoms with Crippen LogP contribution in [0.1, 0.15) is 19.4 Å². The van der Waals surface area contributed by atoms with Crippen molar-refractivity contribution in [2.24, 2.45) is 5.92 Å². The van der Waals surface area contributed by atoms with Crippen molar-refractivity contribution in [3.05, 3.63) is 24.0 Å². The average Bonchev–Trinajstić information content (AvgIpc) is 2.63. The second-order valence-electron chi connectivity index (χ2n) is 4.42. The molecular weight excluding hydrogens is 202 g/mol. The van der Waals surface area contributed by atoms with Gasteiger partial charge in [0.1, 0.15) is 6.54 Å². The fourth-order valence-corrected chi connectivity index (χ4v) is 1.44. The van der Waals surface area contributed by atoms with E-state index >= 15 is 0 Å². The zero-order chi connectivity index (χ0) is 12.0. The number of hydrogen-bond donors (Lipinski definition) is 2. The van der Waals surface area contributed by atoms with Gasteiger partial charge in [-0.25, -0.2) is 0 Å². The summed E-state index contributed by atoms with van der Waals surface area (Å²) < 4.78 is 1.91. The van der Waals surface area contributed by atoms with Crippen molar-refractivity contribution < 1.29 is 4.79 Å². The first-order valence-electron chi connectivity index (χ1n) is 5.67. The number of aromatic nitrogens is 1. The molecule has 2 N–H and O–H groups in total. The maximum atomic E-state index is 11.5. The second kappa shape index (κ2) is 6.33. The Labute approximate surface area is 97.0 Å². The number of nitrogens with one attached hydrogen (secondary N) is 2. The lowest BCUT2D eigenvalue weighted by Crippen LogP contribution is -2.30. The molecule has 0 atom stereocenters. The maximum Gasteiger partial charge on any atom is 0.239 e. The fraction of sp³-hybridized carbons (Fsp3) is 0.583. The quantitative estimate of drug-likeness (QED) is 0.755. The molecular formula is C12H21N3O. The summed E-state index contributed by atoms with van der Waals surface area (Å²) >= 11 is 0. The standard InChI is InChI=1S/C12H21N3O/c1-10(2)6-14-12(16)9-15-5-4-11(8-15)7-13-3/h4-5,8,10,13H,6-7,9H2,1-3H3,(H,14,16). The van der Waals surface area contributed by atoms with Crippen LogP contribution in [0.4, 0.5) is 0 Å². The van der Waals surface area contributed by atoms with Crippen LogP contribution in [0.3, 0.4) is 0 Å². The predicted molar refractivity (Wildman–Crippen MR) is 65.0 cm³/mol. The number of nitrogens with zero attached hydrogens (tertiary/aromatic N) is 1. The van der Waals surface area contributed by atoms with Gasteiger partial charge in [0.2, 0.25) is 5.91 Å². The highest BCUT2D eigenvalue weighted by Crippen LogP contribution is 2.00. The van der Waals surface area contributed by atoms with Gasteiger partial charge in [-0.3, -0.25) is 4.79 Å². The molecule has 0 unspecified atom stereocenters. The highest BCUT2D eigenvalue weighted by molar-refractivity contribution is 5.75. The molecule has 16 heavy (non-hydrogen) atoms. The van der Waals surface area contributed by atoms with E-state index in [0.717, 1.165) is 13.1 Å². The summed E-state index contributed by atoms with van der Waals surface area (Å²) in [7, 11) is 1.91. The Morgan fingerprint density at radius 3 is 2.88 bits per heavy atom. The van der Waals surface area contributed by atoms with Crippen LogP contribution >= 0.6 is 0 Å². The third-order valence-electron chi connectivity index (χ3n) is 2.23. The maximum absolute atomic E-state index is 11.5. The molecule has 4 nitrogen and oxygen atoms in total. The number of amides is 1. The molecule has 1 amide bonds. The van der Waals surface area contributed by atoms with E-state index in [9.17, 15) is 4.79 Å². The van der Waals surface area contributed by atoms with E-state index in [1.165, 1.54) is 5.56 Å². The minimum Gasteiger partial charge on any atom is -0.354 e. The molecule has 1 rings (SSSR count). The summed E-state index contributed by atoms with van der Waals surface area (Å²) in [4.78, 5) is 11.5. The molecule has 4 heteroatoms. The summed E-state index contributed by atoms with van der Waals surface area (Å²) in [6.45, 7) is 6.14. The van der Waals surface area contributed by atoms with Gasteiger partial charge in [-0.05, 0) is 24.6 Å². The van der Waals surface area contributed by atoms with Gasteiger partial charge in [-0.2, -0.15) is 0 Å². The van der Waals surface area contributed by atoms with Gasteiger partial charge >= 0.3 is 0 Å². The normalized spacial score (nSPS) is 10.8. The smallest absolute Gasteiger partial charge is 0.239 e. The number of carbonyl (C=O) groups is 1. The average molecular weight is 223 g/mol. The molecule has 1 aromatic heterocycles. The van der Waals surface area contributed by atoms with E-state index in [0.29, 0.717) is 12.5 Å². The van der Waals surface area contributed by atoms with Gasteiger partial charge in [0.25, 0.3) is 0 Å². The highest BCUT2D eigenvalue weighted by atomic mass is 16.1. The van der Waals surface area contributed by atoms with E-state index in [1.807, 2.05) is 30.1 Å². The molecule has 0 spiro atoms. The Morgan fingerprint density at radius 2 is 2.25 bits per heavy atom. The van der Waals surface area contributed by atoms with Crippen molar-refractivity contribution in [3.8, 4) is 0 Å². The van der Waals surface area contributed by atoms with Crippen molar-refractivity contribution in [1.29, 1.82) is 0 Å². The Hall–Kier alpha value is -1.29. The summed E-state index contributed by atoms with van der Waals surface area (Å²) in [5, 5.41) is 5.97. The first kappa shape index (κ1) is 12.8. The minimum atomic E-state index is 0.0697. The van der Waals surface area contributed by atoms with E-state index < -0.39 is 0 Å². The van der Waals surface area contributed by atoms with E-state index in [2.05, 4.69) is 24.5 Å². The summed E-state index contributed by atoms with van der Waals surface area (Å²) in [6, 6.07) is 2.02. The van der Waals surface area contributed by atoms with Crippen LogP contribution in [0.5, 0.6) is 0 Å². The Morgan fingerprint density at radius 1 is 1.50 bits per heavy atom. The van der Waals surface area contributed by atoms with Crippen LogP contribution in [0.25, 0.3) is 0 Å². The SMILES string of the molecule is CNCc1ccn(CC(=O)NCC(C)C)c1. The lowest BCUT2D eigenvalue weighted by Gasteiger charge is -2.08. The lowest BCUT2D eigenvalue weighted by atomic mass is 10.2. The molecule has 0 aromatic carbocycles. The third-order valence-corrected chi connectivity index (χ3v) is 2.23. The van der Waals surface area contributed by atoms with Gasteiger partial charge < -0.3 is 15.2 Å². The fourth-order valence-electron chi connectivity index (χ4n) is 1.44. The molecule has 90 valence electrons. The summed E-state index contributed by atoms with van der Waals surface area (Å²) in [5.74, 6) is 0.564. The molecule has 0 fully saturated rings. The second-order valence-corrected chi connectivity index (χ2v) is 4.42. The van der Waals surface area contributed by atoms with Crippen molar-refractivity contribution in [2.45, 2.75) is 26.9 Å². The van der Waals surface area contributed by atoms with Gasteiger partial charge in [-0.1, -0.05) is 13.8 Å². The molecule has 0 saturated heterocycles. The molecule has 0 aliphatic heterocycles. The van der Waals surface area contributed by atoms with Crippen molar-refractivity contribution >= 4 is 5.91 Å². The third kappa shape index (κ3) is 4.49. The Balaban J connectivity index is 2.37. The Bertz CT molecular complexity index is 331. The summed E-state index contributed by atoms with van der Waals surface area (Å²) in [6.07, 6.45) is 3.92. The topological polar surface area (TPSA) is 46.1 Å². The largest absolute Gasteiger partial charge is 0.354 e. The number of hydrogen-bond acceptors (Lipinski definition) is 2. The predicted octanol–water partition coefficient (Wildman–Crippen LogP) is 0.980. The van der Waals surface area contributed by atoms with Crippen LogP contribution < -0.4 is 10.6 Å². The Kier molecular flexibility index (Phi) is 5.05. The molecule has 1 heterocycles. The van der Waals surface area contributed by atoms with Gasteiger partial charge in [0.15, 0.2) is 0 Å². The van der Waals surface area contributed by atoms with Crippen molar-refractivity contribution in [3.63, 3.8) is 0 Å². The van der Waals surface area contributed by atoms with E-state index in [1.54, 1.807) is 0 Å². The molecule has 0 bridgehead atoms. The van der Waals surface area contributed by atoms with E-state index in [-0.39, 0.29) is 5.91 Å². The van der Waals surface area contributed by atoms with E-state index in [4.69, 9.17) is 0 Å².